The molecule has 2 heterocycles. The first-order valence-electron chi connectivity index (χ1n) is 9.58. The topological polar surface area (TPSA) is 87.3 Å². The first-order valence-corrected chi connectivity index (χ1v) is 9.58. The molecule has 1 aliphatic rings. The molecule has 0 spiro atoms. The third-order valence-corrected chi connectivity index (χ3v) is 4.92. The maximum Gasteiger partial charge on any atom is 0.414 e. The van der Waals surface area contributed by atoms with Gasteiger partial charge in [-0.1, -0.05) is 24.3 Å². The molecule has 0 aliphatic carbocycles. The highest BCUT2D eigenvalue weighted by Crippen LogP contribution is 2.29. The fourth-order valence-corrected chi connectivity index (χ4v) is 3.40. The van der Waals surface area contributed by atoms with Gasteiger partial charge in [0, 0.05) is 25.1 Å². The summed E-state index contributed by atoms with van der Waals surface area (Å²) in [7, 11) is 0. The lowest BCUT2D eigenvalue weighted by molar-refractivity contribution is -0.119. The number of nitrogens with one attached hydrogen (secondary N) is 2. The van der Waals surface area contributed by atoms with Crippen molar-refractivity contribution in [3.63, 3.8) is 0 Å². The monoisotopic (exact) mass is 408 g/mol. The Hall–Kier alpha value is -3.68. The Kier molecular flexibility index (Phi) is 5.47. The van der Waals surface area contributed by atoms with Gasteiger partial charge in [-0.05, 0) is 29.3 Å². The van der Waals surface area contributed by atoms with E-state index in [1.54, 1.807) is 18.5 Å². The Bertz CT molecular complexity index is 1050. The summed E-state index contributed by atoms with van der Waals surface area (Å²) in [6.45, 7) is 1.87. The van der Waals surface area contributed by atoms with Gasteiger partial charge in [-0.2, -0.15) is 0 Å². The highest BCUT2D eigenvalue weighted by molar-refractivity contribution is 5.90. The number of rotatable bonds is 6. The molecule has 1 aliphatic heterocycles. The van der Waals surface area contributed by atoms with Gasteiger partial charge in [-0.15, -0.1) is 0 Å². The number of carbonyl (C=O) groups is 2. The number of imidazole rings is 1. The Morgan fingerprint density at radius 1 is 1.30 bits per heavy atom. The van der Waals surface area contributed by atoms with E-state index >= 15 is 0 Å². The summed E-state index contributed by atoms with van der Waals surface area (Å²) in [6.07, 6.45) is 3.16. The average molecular weight is 408 g/mol. The number of cyclic esters (lactones) is 1. The van der Waals surface area contributed by atoms with Crippen molar-refractivity contribution in [3.05, 3.63) is 72.1 Å². The molecule has 30 heavy (non-hydrogen) atoms. The Morgan fingerprint density at radius 2 is 2.10 bits per heavy atom. The number of nitrogens with zero attached hydrogens (tertiary/aromatic N) is 2. The highest BCUT2D eigenvalue weighted by Gasteiger charge is 2.32. The molecular weight excluding hydrogens is 387 g/mol. The molecule has 8 heteroatoms. The molecule has 1 aromatic heterocycles. The lowest BCUT2D eigenvalue weighted by Crippen LogP contribution is -2.33. The van der Waals surface area contributed by atoms with Crippen LogP contribution in [0.3, 0.4) is 0 Å². The lowest BCUT2D eigenvalue weighted by Gasteiger charge is -2.14. The molecule has 2 amide bonds. The van der Waals surface area contributed by atoms with Crippen molar-refractivity contribution in [2.75, 3.05) is 18.0 Å². The molecule has 0 bridgehead atoms. The normalized spacial score (nSPS) is 15.9. The van der Waals surface area contributed by atoms with Gasteiger partial charge < -0.3 is 15.0 Å². The first-order chi connectivity index (χ1) is 14.5. The minimum Gasteiger partial charge on any atom is -0.442 e. The van der Waals surface area contributed by atoms with Crippen molar-refractivity contribution in [1.29, 1.82) is 0 Å². The van der Waals surface area contributed by atoms with E-state index in [1.165, 1.54) is 17.9 Å². The Labute approximate surface area is 172 Å². The Morgan fingerprint density at radius 3 is 2.77 bits per heavy atom. The number of halogens is 1. The Balaban J connectivity index is 1.47. The number of amides is 2. The zero-order valence-corrected chi connectivity index (χ0v) is 16.4. The molecular formula is C22H21FN4O3. The van der Waals surface area contributed by atoms with E-state index < -0.39 is 18.0 Å². The standard InChI is InChI=1S/C22H21FN4O3/c1-14(28)25-11-19-12-27(22(29)30-19)18-6-7-20(21(23)9-18)16-4-2-15(3-5-16)8-17-10-24-13-26-17/h2-7,9-10,13,19H,8,11-12H2,1H3,(H,24,26)(H,25,28)/t19-/m0/s1. The molecule has 1 saturated heterocycles. The number of carbonyl (C=O) groups excluding carboxylic acids is 2. The van der Waals surface area contributed by atoms with Crippen molar-refractivity contribution in [3.8, 4) is 11.1 Å². The predicted molar refractivity (Wildman–Crippen MR) is 110 cm³/mol. The molecule has 154 valence electrons. The number of anilines is 1. The van der Waals surface area contributed by atoms with E-state index in [2.05, 4.69) is 15.3 Å². The minimum absolute atomic E-state index is 0.199. The van der Waals surface area contributed by atoms with Gasteiger partial charge in [-0.3, -0.25) is 9.69 Å². The van der Waals surface area contributed by atoms with Gasteiger partial charge in [0.15, 0.2) is 0 Å². The predicted octanol–water partition coefficient (Wildman–Crippen LogP) is 3.27. The average Bonchev–Trinajstić information content (AvgIpc) is 3.36. The van der Waals surface area contributed by atoms with Gasteiger partial charge >= 0.3 is 6.09 Å². The van der Waals surface area contributed by atoms with E-state index in [0.717, 1.165) is 16.8 Å². The summed E-state index contributed by atoms with van der Waals surface area (Å²) in [5.41, 5.74) is 3.63. The number of H-pyrrole nitrogens is 1. The molecule has 1 atom stereocenters. The van der Waals surface area contributed by atoms with Gasteiger partial charge in [0.05, 0.1) is 30.8 Å². The SMILES string of the molecule is CC(=O)NC[C@H]1CN(c2ccc(-c3ccc(Cc4c[nH]cn4)cc3)c(F)c2)C(=O)O1. The van der Waals surface area contributed by atoms with Gasteiger partial charge in [0.1, 0.15) is 11.9 Å². The van der Waals surface area contributed by atoms with Crippen LogP contribution in [0.1, 0.15) is 18.2 Å². The van der Waals surface area contributed by atoms with Gasteiger partial charge in [0.25, 0.3) is 0 Å². The van der Waals surface area contributed by atoms with E-state index in [1.807, 2.05) is 30.5 Å². The highest BCUT2D eigenvalue weighted by atomic mass is 19.1. The number of aromatic nitrogens is 2. The third-order valence-electron chi connectivity index (χ3n) is 4.92. The number of ether oxygens (including phenoxy) is 1. The summed E-state index contributed by atoms with van der Waals surface area (Å²) < 4.78 is 20.1. The zero-order chi connectivity index (χ0) is 21.1. The van der Waals surface area contributed by atoms with Crippen molar-refractivity contribution in [1.82, 2.24) is 15.3 Å². The summed E-state index contributed by atoms with van der Waals surface area (Å²) >= 11 is 0. The molecule has 2 aromatic carbocycles. The smallest absolute Gasteiger partial charge is 0.414 e. The molecule has 4 rings (SSSR count). The molecule has 7 nitrogen and oxygen atoms in total. The summed E-state index contributed by atoms with van der Waals surface area (Å²) in [5.74, 6) is -0.624. The second-order valence-electron chi connectivity index (χ2n) is 7.15. The maximum absolute atomic E-state index is 14.8. The van der Waals surface area contributed by atoms with Crippen LogP contribution >= 0.6 is 0 Å². The molecule has 0 radical (unpaired) electrons. The lowest BCUT2D eigenvalue weighted by atomic mass is 10.0. The largest absolute Gasteiger partial charge is 0.442 e. The van der Waals surface area contributed by atoms with Crippen molar-refractivity contribution in [2.45, 2.75) is 19.4 Å². The van der Waals surface area contributed by atoms with E-state index in [4.69, 9.17) is 4.74 Å². The molecule has 3 aromatic rings. The molecule has 0 unspecified atom stereocenters. The second kappa shape index (κ2) is 8.36. The second-order valence-corrected chi connectivity index (χ2v) is 7.15. The number of aromatic amines is 1. The fourth-order valence-electron chi connectivity index (χ4n) is 3.40. The van der Waals surface area contributed by atoms with Crippen LogP contribution in [-0.2, 0) is 16.0 Å². The molecule has 2 N–H and O–H groups in total. The minimum atomic E-state index is -0.555. The van der Waals surface area contributed by atoms with Crippen LogP contribution in [0.5, 0.6) is 0 Å². The third kappa shape index (κ3) is 4.32. The van der Waals surface area contributed by atoms with Crippen LogP contribution in [0.25, 0.3) is 11.1 Å². The van der Waals surface area contributed by atoms with Crippen LogP contribution in [0.15, 0.2) is 55.0 Å². The first kappa shape index (κ1) is 19.6. The van der Waals surface area contributed by atoms with Crippen molar-refractivity contribution >= 4 is 17.7 Å². The zero-order valence-electron chi connectivity index (χ0n) is 16.4. The van der Waals surface area contributed by atoms with Gasteiger partial charge in [-0.25, -0.2) is 14.2 Å². The van der Waals surface area contributed by atoms with Crippen LogP contribution in [-0.4, -0.2) is 41.2 Å². The van der Waals surface area contributed by atoms with Gasteiger partial charge in [0.2, 0.25) is 5.91 Å². The fraction of sp³-hybridized carbons (Fsp3) is 0.227. The number of hydrogen-bond acceptors (Lipinski definition) is 4. The quantitative estimate of drug-likeness (QED) is 0.655. The van der Waals surface area contributed by atoms with E-state index in [-0.39, 0.29) is 19.0 Å². The number of hydrogen-bond donors (Lipinski definition) is 2. The number of benzene rings is 2. The van der Waals surface area contributed by atoms with Crippen LogP contribution < -0.4 is 10.2 Å². The van der Waals surface area contributed by atoms with Crippen LogP contribution in [0.4, 0.5) is 14.9 Å². The van der Waals surface area contributed by atoms with E-state index in [9.17, 15) is 14.0 Å². The van der Waals surface area contributed by atoms with E-state index in [0.29, 0.717) is 17.7 Å². The summed E-state index contributed by atoms with van der Waals surface area (Å²) in [4.78, 5) is 31.7. The van der Waals surface area contributed by atoms with Crippen molar-refractivity contribution < 1.29 is 18.7 Å². The summed E-state index contributed by atoms with van der Waals surface area (Å²) in [5, 5.41) is 2.62. The maximum atomic E-state index is 14.8. The molecule has 1 fully saturated rings. The van der Waals surface area contributed by atoms with Crippen molar-refractivity contribution in [2.24, 2.45) is 0 Å². The summed E-state index contributed by atoms with van der Waals surface area (Å²) in [6, 6.07) is 12.3. The van der Waals surface area contributed by atoms with Crippen LogP contribution in [0, 0.1) is 5.82 Å². The molecule has 0 saturated carbocycles. The van der Waals surface area contributed by atoms with Crippen LogP contribution in [0.2, 0.25) is 0 Å².